The normalized spacial score (nSPS) is 27.4. The number of hydrogen-bond donors (Lipinski definition) is 0. The van der Waals surface area contributed by atoms with Crippen molar-refractivity contribution in [1.82, 2.24) is 0 Å². The zero-order chi connectivity index (χ0) is 19.4. The number of allylic oxidation sites excluding steroid dienone is 4. The van der Waals surface area contributed by atoms with Crippen molar-refractivity contribution < 1.29 is 0 Å². The second-order valence-corrected chi connectivity index (χ2v) is 12.7. The molecule has 28 heavy (non-hydrogen) atoms. The smallest absolute Gasteiger partial charge is 0.0223 e. The molecule has 3 aliphatic carbocycles. The van der Waals surface area contributed by atoms with E-state index in [1.807, 2.05) is 0 Å². The molecule has 1 atom stereocenters. The Bertz CT molecular complexity index is 655. The topological polar surface area (TPSA) is 0 Å². The van der Waals surface area contributed by atoms with Crippen molar-refractivity contribution in [3.05, 3.63) is 54.1 Å². The van der Waals surface area contributed by atoms with Crippen LogP contribution >= 0.6 is 7.92 Å². The molecule has 1 aromatic rings. The van der Waals surface area contributed by atoms with E-state index < -0.39 is 0 Å². The van der Waals surface area contributed by atoms with Gasteiger partial charge >= 0.3 is 0 Å². The van der Waals surface area contributed by atoms with Gasteiger partial charge < -0.3 is 0 Å². The molecule has 0 amide bonds. The number of benzene rings is 1. The second kappa shape index (κ2) is 9.30. The Labute approximate surface area is 174 Å². The Morgan fingerprint density at radius 1 is 0.821 bits per heavy atom. The minimum Gasteiger partial charge on any atom is -0.0888 e. The summed E-state index contributed by atoms with van der Waals surface area (Å²) in [7, 11) is -0.0213. The van der Waals surface area contributed by atoms with Gasteiger partial charge in [-0.05, 0) is 60.5 Å². The molecule has 1 aromatic carbocycles. The van der Waals surface area contributed by atoms with Gasteiger partial charge in [0.25, 0.3) is 0 Å². The molecule has 2 fully saturated rings. The summed E-state index contributed by atoms with van der Waals surface area (Å²) in [5.41, 5.74) is 5.15. The Kier molecular flexibility index (Phi) is 6.78. The van der Waals surface area contributed by atoms with Crippen LogP contribution in [0.4, 0.5) is 0 Å². The van der Waals surface area contributed by atoms with Crippen molar-refractivity contribution in [1.29, 1.82) is 0 Å². The minimum atomic E-state index is -0.0213. The Balaban J connectivity index is 1.81. The van der Waals surface area contributed by atoms with Gasteiger partial charge in [-0.3, -0.25) is 0 Å². The van der Waals surface area contributed by atoms with Gasteiger partial charge in [0.1, 0.15) is 0 Å². The van der Waals surface area contributed by atoms with Gasteiger partial charge in [0.05, 0.1) is 0 Å². The monoisotopic (exact) mass is 394 g/mol. The van der Waals surface area contributed by atoms with Gasteiger partial charge in [-0.25, -0.2) is 0 Å². The average Bonchev–Trinajstić information content (AvgIpc) is 2.76. The molecule has 0 aromatic heterocycles. The summed E-state index contributed by atoms with van der Waals surface area (Å²) >= 11 is 0. The first-order valence-corrected chi connectivity index (χ1v) is 13.4. The van der Waals surface area contributed by atoms with E-state index in [1.165, 1.54) is 76.2 Å². The summed E-state index contributed by atoms with van der Waals surface area (Å²) in [5, 5.41) is 0.370. The highest BCUT2D eigenvalue weighted by Gasteiger charge is 2.50. The first-order valence-electron chi connectivity index (χ1n) is 11.9. The molecule has 0 bridgehead atoms. The highest BCUT2D eigenvalue weighted by atomic mass is 31.1. The molecular formula is C27H39P. The standard InChI is InChI=1S/C27H39P/c1-22(2)27(21-13-12-20-26(27)23-14-6-3-7-15-23)28(24-16-8-4-9-17-24)25-18-10-5-11-19-25/h3,6-7,12-15,20,22,24-25H,4-5,8-11,16-19,21H2,1-2H3. The summed E-state index contributed by atoms with van der Waals surface area (Å²) < 4.78 is 0. The zero-order valence-electron chi connectivity index (χ0n) is 18.1. The van der Waals surface area contributed by atoms with E-state index in [9.17, 15) is 0 Å². The first-order chi connectivity index (χ1) is 13.7. The molecule has 0 heterocycles. The van der Waals surface area contributed by atoms with Crippen molar-refractivity contribution >= 4 is 13.5 Å². The van der Waals surface area contributed by atoms with E-state index in [0.717, 1.165) is 11.3 Å². The predicted molar refractivity (Wildman–Crippen MR) is 126 cm³/mol. The van der Waals surface area contributed by atoms with E-state index in [2.05, 4.69) is 62.4 Å². The third kappa shape index (κ3) is 3.92. The first kappa shape index (κ1) is 20.4. The summed E-state index contributed by atoms with van der Waals surface area (Å²) in [5.74, 6) is 0.707. The predicted octanol–water partition coefficient (Wildman–Crippen LogP) is 8.57. The van der Waals surface area contributed by atoms with Crippen LogP contribution in [0.2, 0.25) is 0 Å². The quantitative estimate of drug-likeness (QED) is 0.439. The molecule has 3 aliphatic rings. The highest BCUT2D eigenvalue weighted by molar-refractivity contribution is 7.61. The average molecular weight is 395 g/mol. The molecule has 0 spiro atoms. The fourth-order valence-electron chi connectivity index (χ4n) is 6.39. The molecule has 0 radical (unpaired) electrons. The maximum absolute atomic E-state index is 2.54. The lowest BCUT2D eigenvalue weighted by Crippen LogP contribution is -2.42. The van der Waals surface area contributed by atoms with Gasteiger partial charge in [-0.2, -0.15) is 0 Å². The molecule has 1 heteroatoms. The molecule has 2 saturated carbocycles. The minimum absolute atomic E-state index is 0.0213. The van der Waals surface area contributed by atoms with Gasteiger partial charge in [0.2, 0.25) is 0 Å². The molecular weight excluding hydrogens is 355 g/mol. The maximum atomic E-state index is 2.54. The summed E-state index contributed by atoms with van der Waals surface area (Å²) in [4.78, 5) is 0. The summed E-state index contributed by atoms with van der Waals surface area (Å²) in [6.45, 7) is 5.08. The van der Waals surface area contributed by atoms with Crippen LogP contribution in [0.1, 0.15) is 90.0 Å². The van der Waals surface area contributed by atoms with Crippen LogP contribution in [0.5, 0.6) is 0 Å². The molecule has 0 N–H and O–H groups in total. The SMILES string of the molecule is CC(C)C1(P(C2CCCCC2)C2CCCCC2)CC=CC=C1c1ccccc1. The lowest BCUT2D eigenvalue weighted by molar-refractivity contribution is 0.450. The lowest BCUT2D eigenvalue weighted by Gasteiger charge is -2.54. The van der Waals surface area contributed by atoms with E-state index >= 15 is 0 Å². The van der Waals surface area contributed by atoms with E-state index in [-0.39, 0.29) is 7.92 Å². The lowest BCUT2D eigenvalue weighted by atomic mass is 9.78. The maximum Gasteiger partial charge on any atom is 0.0223 e. The summed E-state index contributed by atoms with van der Waals surface area (Å²) in [6, 6.07) is 11.4. The van der Waals surface area contributed by atoms with Crippen LogP contribution < -0.4 is 0 Å². The third-order valence-corrected chi connectivity index (χ3v) is 12.2. The van der Waals surface area contributed by atoms with Crippen LogP contribution in [0.15, 0.2) is 48.6 Å². The van der Waals surface area contributed by atoms with Gasteiger partial charge in [-0.1, -0.05) is 109 Å². The third-order valence-electron chi connectivity index (χ3n) is 7.73. The highest BCUT2D eigenvalue weighted by Crippen LogP contribution is 2.71. The van der Waals surface area contributed by atoms with Gasteiger partial charge in [0.15, 0.2) is 0 Å². The van der Waals surface area contributed by atoms with Crippen molar-refractivity contribution in [3.63, 3.8) is 0 Å². The van der Waals surface area contributed by atoms with Crippen LogP contribution in [0, 0.1) is 5.92 Å². The molecule has 4 rings (SSSR count). The van der Waals surface area contributed by atoms with Crippen molar-refractivity contribution in [2.75, 3.05) is 0 Å². The van der Waals surface area contributed by atoms with Crippen LogP contribution in [0.25, 0.3) is 5.57 Å². The molecule has 0 nitrogen and oxygen atoms in total. The molecule has 0 aliphatic heterocycles. The number of rotatable bonds is 5. The Morgan fingerprint density at radius 2 is 1.39 bits per heavy atom. The largest absolute Gasteiger partial charge is 0.0888 e. The van der Waals surface area contributed by atoms with E-state index in [0.29, 0.717) is 11.1 Å². The summed E-state index contributed by atoms with van der Waals surface area (Å²) in [6.07, 6.45) is 23.5. The van der Waals surface area contributed by atoms with Gasteiger partial charge in [0, 0.05) is 5.16 Å². The number of hydrogen-bond acceptors (Lipinski definition) is 0. The second-order valence-electron chi connectivity index (χ2n) is 9.65. The van der Waals surface area contributed by atoms with E-state index in [1.54, 1.807) is 5.57 Å². The van der Waals surface area contributed by atoms with Crippen molar-refractivity contribution in [3.8, 4) is 0 Å². The molecule has 0 saturated heterocycles. The van der Waals surface area contributed by atoms with Crippen molar-refractivity contribution in [2.24, 2.45) is 5.92 Å². The van der Waals surface area contributed by atoms with E-state index in [4.69, 9.17) is 0 Å². The fraction of sp³-hybridized carbons (Fsp3) is 0.630. The van der Waals surface area contributed by atoms with Gasteiger partial charge in [-0.15, -0.1) is 0 Å². The molecule has 1 unspecified atom stereocenters. The Hall–Kier alpha value is -0.870. The van der Waals surface area contributed by atoms with Crippen LogP contribution in [-0.4, -0.2) is 16.5 Å². The van der Waals surface area contributed by atoms with Crippen molar-refractivity contribution in [2.45, 2.75) is 101 Å². The zero-order valence-corrected chi connectivity index (χ0v) is 19.0. The fourth-order valence-corrected chi connectivity index (χ4v) is 11.5. The van der Waals surface area contributed by atoms with Crippen LogP contribution in [0.3, 0.4) is 0 Å². The Morgan fingerprint density at radius 3 is 1.93 bits per heavy atom. The molecule has 152 valence electrons. The van der Waals surface area contributed by atoms with Crippen LogP contribution in [-0.2, 0) is 0 Å².